The molecule has 10 nitrogen and oxygen atoms in total. The van der Waals surface area contributed by atoms with E-state index in [4.69, 9.17) is 11.6 Å². The molecule has 0 radical (unpaired) electrons. The summed E-state index contributed by atoms with van der Waals surface area (Å²) in [5, 5.41) is 30.3. The van der Waals surface area contributed by atoms with Crippen molar-refractivity contribution in [3.63, 3.8) is 0 Å². The number of amides is 2. The number of phenols is 1. The minimum Gasteiger partial charge on any atom is -0.506 e. The number of phenolic OH excluding ortho intramolecular Hbond substituents is 1. The number of carbonyl (C=O) groups excluding carboxylic acids is 2. The van der Waals surface area contributed by atoms with Crippen LogP contribution in [0.15, 0.2) is 41.4 Å². The average Bonchev–Trinajstić information content (AvgIpc) is 2.81. The molecule has 1 heterocycles. The highest BCUT2D eigenvalue weighted by molar-refractivity contribution is 6.32. The molecular formula is C23H25ClFN5O5. The van der Waals surface area contributed by atoms with Gasteiger partial charge in [-0.15, -0.1) is 0 Å². The SMILES string of the molecule is Cc1cc(Cl)c(O)c([C@@H](CC(=O)O)NC(=O)CNC(=O)c2cccc(NC3=NCC(F)CN3)c2)c1. The first kappa shape index (κ1) is 25.8. The molecule has 0 saturated carbocycles. The Kier molecular flexibility index (Phi) is 8.48. The number of aromatic hydroxyl groups is 1. The molecule has 2 aromatic rings. The second-order valence-electron chi connectivity index (χ2n) is 7.96. The molecule has 0 aliphatic carbocycles. The van der Waals surface area contributed by atoms with Gasteiger partial charge in [-0.25, -0.2) is 9.38 Å². The van der Waals surface area contributed by atoms with Crippen molar-refractivity contribution in [3.05, 3.63) is 58.1 Å². The maximum absolute atomic E-state index is 13.2. The Labute approximate surface area is 205 Å². The summed E-state index contributed by atoms with van der Waals surface area (Å²) < 4.78 is 13.2. The van der Waals surface area contributed by atoms with Gasteiger partial charge in [0.15, 0.2) is 5.96 Å². The summed E-state index contributed by atoms with van der Waals surface area (Å²) in [6.45, 7) is 1.46. The highest BCUT2D eigenvalue weighted by atomic mass is 35.5. The van der Waals surface area contributed by atoms with Crippen molar-refractivity contribution in [1.82, 2.24) is 16.0 Å². The number of nitrogens with one attached hydrogen (secondary N) is 4. The van der Waals surface area contributed by atoms with Gasteiger partial charge in [0.1, 0.15) is 11.9 Å². The van der Waals surface area contributed by atoms with Crippen LogP contribution in [0, 0.1) is 6.92 Å². The zero-order valence-corrected chi connectivity index (χ0v) is 19.5. The molecule has 6 N–H and O–H groups in total. The van der Waals surface area contributed by atoms with E-state index in [1.54, 1.807) is 31.2 Å². The van der Waals surface area contributed by atoms with E-state index < -0.39 is 43.0 Å². The summed E-state index contributed by atoms with van der Waals surface area (Å²) in [6, 6.07) is 8.40. The number of hydrogen-bond donors (Lipinski definition) is 6. The standard InChI is InChI=1S/C23H25ClFN5O5/c1-12-5-16(21(34)17(24)6-12)18(8-20(32)33)30-19(31)11-26-22(35)13-3-2-4-15(7-13)29-23-27-9-14(25)10-28-23/h2-7,14,18,34H,8-11H2,1H3,(H,26,35)(H,30,31)(H,32,33)(H2,27,28,29)/t18-/m1/s1. The average molecular weight is 506 g/mol. The van der Waals surface area contributed by atoms with Gasteiger partial charge < -0.3 is 31.5 Å². The van der Waals surface area contributed by atoms with E-state index >= 15 is 0 Å². The van der Waals surface area contributed by atoms with E-state index in [0.717, 1.165) is 0 Å². The molecule has 0 spiro atoms. The molecule has 1 aliphatic rings. The van der Waals surface area contributed by atoms with E-state index in [1.807, 2.05) is 0 Å². The molecule has 1 unspecified atom stereocenters. The van der Waals surface area contributed by atoms with Crippen LogP contribution in [-0.4, -0.2) is 59.8 Å². The number of aliphatic carboxylic acids is 1. The first-order valence-corrected chi connectivity index (χ1v) is 11.1. The number of carboxylic acid groups (broad SMARTS) is 1. The number of aryl methyl sites for hydroxylation is 1. The fourth-order valence-electron chi connectivity index (χ4n) is 3.43. The number of alkyl halides is 1. The molecule has 3 rings (SSSR count). The second-order valence-corrected chi connectivity index (χ2v) is 8.37. The van der Waals surface area contributed by atoms with Crippen LogP contribution < -0.4 is 21.3 Å². The van der Waals surface area contributed by atoms with Crippen LogP contribution in [-0.2, 0) is 9.59 Å². The van der Waals surface area contributed by atoms with Crippen LogP contribution in [0.1, 0.15) is 33.9 Å². The third kappa shape index (κ3) is 7.31. The molecule has 2 aromatic carbocycles. The quantitative estimate of drug-likeness (QED) is 0.321. The summed E-state index contributed by atoms with van der Waals surface area (Å²) in [5.74, 6) is -2.32. The fraction of sp³-hybridized carbons (Fsp3) is 0.304. The Morgan fingerprint density at radius 1 is 1.29 bits per heavy atom. The lowest BCUT2D eigenvalue weighted by Crippen LogP contribution is -2.41. The first-order chi connectivity index (χ1) is 16.6. The highest BCUT2D eigenvalue weighted by Crippen LogP contribution is 2.34. The van der Waals surface area contributed by atoms with Crippen molar-refractivity contribution in [1.29, 1.82) is 0 Å². The van der Waals surface area contributed by atoms with Gasteiger partial charge in [-0.1, -0.05) is 23.7 Å². The normalized spacial score (nSPS) is 15.9. The largest absolute Gasteiger partial charge is 0.506 e. The minimum atomic E-state index is -1.19. The third-order valence-electron chi connectivity index (χ3n) is 5.06. The lowest BCUT2D eigenvalue weighted by Gasteiger charge is -2.20. The Hall–Kier alpha value is -3.86. The zero-order valence-electron chi connectivity index (χ0n) is 18.8. The van der Waals surface area contributed by atoms with Crippen molar-refractivity contribution in [2.45, 2.75) is 25.6 Å². The van der Waals surface area contributed by atoms with E-state index in [-0.39, 0.29) is 35.0 Å². The zero-order chi connectivity index (χ0) is 25.5. The molecule has 0 aromatic heterocycles. The predicted octanol–water partition coefficient (Wildman–Crippen LogP) is 2.13. The molecule has 12 heteroatoms. The molecule has 2 amide bonds. The number of aliphatic imine (C=N–C) groups is 1. The van der Waals surface area contributed by atoms with Crippen molar-refractivity contribution < 1.29 is 29.0 Å². The summed E-state index contributed by atoms with van der Waals surface area (Å²) in [7, 11) is 0. The molecule has 186 valence electrons. The van der Waals surface area contributed by atoms with Gasteiger partial charge in [-0.2, -0.15) is 0 Å². The number of anilines is 1. The minimum absolute atomic E-state index is 0.0327. The molecule has 1 aliphatic heterocycles. The number of nitrogens with zero attached hydrogens (tertiary/aromatic N) is 1. The number of guanidine groups is 1. The number of carbonyl (C=O) groups is 3. The highest BCUT2D eigenvalue weighted by Gasteiger charge is 2.23. The van der Waals surface area contributed by atoms with Crippen LogP contribution in [0.2, 0.25) is 5.02 Å². The number of rotatable bonds is 8. The first-order valence-electron chi connectivity index (χ1n) is 10.7. The van der Waals surface area contributed by atoms with Gasteiger partial charge in [0.25, 0.3) is 5.91 Å². The van der Waals surface area contributed by atoms with Crippen LogP contribution in [0.4, 0.5) is 10.1 Å². The van der Waals surface area contributed by atoms with E-state index in [0.29, 0.717) is 17.2 Å². The molecule has 0 fully saturated rings. The Bertz CT molecular complexity index is 1160. The monoisotopic (exact) mass is 505 g/mol. The second kappa shape index (κ2) is 11.5. The lowest BCUT2D eigenvalue weighted by atomic mass is 10.00. The van der Waals surface area contributed by atoms with Crippen molar-refractivity contribution in [3.8, 4) is 5.75 Å². The fourth-order valence-corrected chi connectivity index (χ4v) is 3.71. The van der Waals surface area contributed by atoms with Gasteiger partial charge >= 0.3 is 5.97 Å². The lowest BCUT2D eigenvalue weighted by molar-refractivity contribution is -0.137. The van der Waals surface area contributed by atoms with Crippen LogP contribution in [0.5, 0.6) is 5.75 Å². The Morgan fingerprint density at radius 2 is 2.06 bits per heavy atom. The summed E-state index contributed by atoms with van der Waals surface area (Å²) in [5.41, 5.74) is 1.63. The van der Waals surface area contributed by atoms with Gasteiger partial charge in [0, 0.05) is 16.8 Å². The maximum atomic E-state index is 13.2. The summed E-state index contributed by atoms with van der Waals surface area (Å²) in [6.07, 6.45) is -1.55. The topological polar surface area (TPSA) is 152 Å². The van der Waals surface area contributed by atoms with E-state index in [9.17, 15) is 29.0 Å². The van der Waals surface area contributed by atoms with Crippen LogP contribution in [0.25, 0.3) is 0 Å². The summed E-state index contributed by atoms with van der Waals surface area (Å²) >= 11 is 5.99. The number of halogens is 2. The Balaban J connectivity index is 1.62. The molecule has 0 saturated heterocycles. The maximum Gasteiger partial charge on any atom is 0.305 e. The van der Waals surface area contributed by atoms with Gasteiger partial charge in [-0.05, 0) is 36.8 Å². The van der Waals surface area contributed by atoms with Crippen molar-refractivity contribution >= 4 is 41.0 Å². The number of hydrogen-bond acceptors (Lipinski definition) is 7. The van der Waals surface area contributed by atoms with Gasteiger partial charge in [0.2, 0.25) is 5.91 Å². The van der Waals surface area contributed by atoms with Crippen LogP contribution >= 0.6 is 11.6 Å². The van der Waals surface area contributed by atoms with E-state index in [1.165, 1.54) is 12.1 Å². The predicted molar refractivity (Wildman–Crippen MR) is 129 cm³/mol. The molecule has 0 bridgehead atoms. The smallest absolute Gasteiger partial charge is 0.305 e. The van der Waals surface area contributed by atoms with Crippen molar-refractivity contribution in [2.75, 3.05) is 25.0 Å². The van der Waals surface area contributed by atoms with Gasteiger partial charge in [0.05, 0.1) is 37.1 Å². The molecule has 35 heavy (non-hydrogen) atoms. The molecular weight excluding hydrogens is 481 g/mol. The number of benzene rings is 2. The van der Waals surface area contributed by atoms with Crippen LogP contribution in [0.3, 0.4) is 0 Å². The van der Waals surface area contributed by atoms with Gasteiger partial charge in [-0.3, -0.25) is 14.4 Å². The summed E-state index contributed by atoms with van der Waals surface area (Å²) in [4.78, 5) is 40.4. The third-order valence-corrected chi connectivity index (χ3v) is 5.35. The Morgan fingerprint density at radius 3 is 2.74 bits per heavy atom. The van der Waals surface area contributed by atoms with E-state index in [2.05, 4.69) is 26.3 Å². The number of carboxylic acids is 1. The van der Waals surface area contributed by atoms with Crippen molar-refractivity contribution in [2.24, 2.45) is 4.99 Å². The molecule has 2 atom stereocenters.